The molecule has 2 heterocycles. The van der Waals surface area contributed by atoms with E-state index >= 15 is 0 Å². The Bertz CT molecular complexity index is 1180. The van der Waals surface area contributed by atoms with E-state index in [1.165, 1.54) is 12.4 Å². The second kappa shape index (κ2) is 9.17. The first kappa shape index (κ1) is 20.9. The van der Waals surface area contributed by atoms with Crippen molar-refractivity contribution in [3.63, 3.8) is 0 Å². The Morgan fingerprint density at radius 3 is 2.88 bits per heavy atom. The minimum Gasteiger partial charge on any atom is -0.438 e. The lowest BCUT2D eigenvalue weighted by Crippen LogP contribution is -2.19. The van der Waals surface area contributed by atoms with Crippen LogP contribution in [-0.2, 0) is 11.3 Å². The van der Waals surface area contributed by atoms with Gasteiger partial charge in [0.1, 0.15) is 17.9 Å². The van der Waals surface area contributed by atoms with Gasteiger partial charge in [0.05, 0.1) is 12.1 Å². The van der Waals surface area contributed by atoms with Crippen molar-refractivity contribution in [1.82, 2.24) is 15.0 Å². The Morgan fingerprint density at radius 2 is 2.06 bits per heavy atom. The molecule has 1 amide bonds. The first-order valence-electron chi connectivity index (χ1n) is 9.97. The molecular formula is C23H23N7O2. The second-order valence-corrected chi connectivity index (χ2v) is 7.22. The molecule has 9 nitrogen and oxygen atoms in total. The molecule has 9 heteroatoms. The highest BCUT2D eigenvalue weighted by molar-refractivity contribution is 5.98. The van der Waals surface area contributed by atoms with Crippen molar-refractivity contribution < 1.29 is 9.53 Å². The van der Waals surface area contributed by atoms with Crippen molar-refractivity contribution in [1.29, 1.82) is 0 Å². The summed E-state index contributed by atoms with van der Waals surface area (Å²) in [5, 5.41) is 9.12. The number of nitrogen functional groups attached to an aromatic ring is 2. The molecule has 0 saturated carbocycles. The van der Waals surface area contributed by atoms with E-state index < -0.39 is 0 Å². The van der Waals surface area contributed by atoms with E-state index in [-0.39, 0.29) is 11.8 Å². The first-order chi connectivity index (χ1) is 15.5. The Labute approximate surface area is 185 Å². The number of carbonyl (C=O) groups is 1. The smallest absolute Gasteiger partial charge is 0.247 e. The molecule has 162 valence electrons. The van der Waals surface area contributed by atoms with E-state index in [1.54, 1.807) is 24.3 Å². The number of amides is 1. The lowest BCUT2D eigenvalue weighted by molar-refractivity contribution is -0.111. The molecule has 0 radical (unpaired) electrons. The van der Waals surface area contributed by atoms with Crippen LogP contribution in [0.1, 0.15) is 17.0 Å². The Kier molecular flexibility index (Phi) is 5.98. The molecule has 0 bridgehead atoms. The van der Waals surface area contributed by atoms with Crippen molar-refractivity contribution in [2.75, 3.05) is 23.3 Å². The number of hydrogen-bond donors (Lipinski definition) is 3. The van der Waals surface area contributed by atoms with Crippen LogP contribution in [0.3, 0.4) is 0 Å². The molecule has 1 aromatic heterocycles. The summed E-state index contributed by atoms with van der Waals surface area (Å²) in [6.07, 6.45) is 4.36. The maximum absolute atomic E-state index is 11.6. The zero-order valence-electron chi connectivity index (χ0n) is 17.3. The molecule has 0 saturated heterocycles. The molecule has 4 rings (SSSR count). The SMILES string of the molecule is C=CC(=O)Nc1cccc(Oc2ncnc(N)c2C2C=NN(Cc3ccccc3N)C2)c1. The van der Waals surface area contributed by atoms with Gasteiger partial charge in [-0.25, -0.2) is 9.97 Å². The van der Waals surface area contributed by atoms with Crippen molar-refractivity contribution in [2.45, 2.75) is 12.5 Å². The van der Waals surface area contributed by atoms with Crippen LogP contribution in [0.4, 0.5) is 17.2 Å². The van der Waals surface area contributed by atoms with Gasteiger partial charge >= 0.3 is 0 Å². The number of nitrogens with two attached hydrogens (primary N) is 2. The van der Waals surface area contributed by atoms with E-state index in [0.717, 1.165) is 11.3 Å². The Balaban J connectivity index is 1.52. The zero-order valence-corrected chi connectivity index (χ0v) is 17.3. The third-order valence-corrected chi connectivity index (χ3v) is 4.98. The van der Waals surface area contributed by atoms with E-state index in [2.05, 4.69) is 27.0 Å². The van der Waals surface area contributed by atoms with Crippen molar-refractivity contribution >= 4 is 29.3 Å². The number of para-hydroxylation sites is 1. The molecule has 0 aliphatic carbocycles. The first-order valence-corrected chi connectivity index (χ1v) is 9.97. The molecule has 0 fully saturated rings. The third-order valence-electron chi connectivity index (χ3n) is 4.98. The predicted molar refractivity (Wildman–Crippen MR) is 124 cm³/mol. The number of aromatic nitrogens is 2. The molecule has 1 aliphatic rings. The topological polar surface area (TPSA) is 132 Å². The highest BCUT2D eigenvalue weighted by Gasteiger charge is 2.27. The third kappa shape index (κ3) is 4.67. The van der Waals surface area contributed by atoms with Gasteiger partial charge in [0, 0.05) is 36.1 Å². The number of carbonyl (C=O) groups excluding carboxylic acids is 1. The van der Waals surface area contributed by atoms with Gasteiger partial charge in [-0.05, 0) is 29.8 Å². The Hall–Kier alpha value is -4.40. The molecule has 1 aliphatic heterocycles. The molecular weight excluding hydrogens is 406 g/mol. The Morgan fingerprint density at radius 1 is 1.22 bits per heavy atom. The predicted octanol–water partition coefficient (Wildman–Crippen LogP) is 3.14. The van der Waals surface area contributed by atoms with Crippen LogP contribution in [0.2, 0.25) is 0 Å². The quantitative estimate of drug-likeness (QED) is 0.388. The molecule has 5 N–H and O–H groups in total. The number of nitrogens with zero attached hydrogens (tertiary/aromatic N) is 4. The lowest BCUT2D eigenvalue weighted by Gasteiger charge is -2.19. The fourth-order valence-corrected chi connectivity index (χ4v) is 3.41. The van der Waals surface area contributed by atoms with Gasteiger partial charge in [0.15, 0.2) is 0 Å². The molecule has 32 heavy (non-hydrogen) atoms. The summed E-state index contributed by atoms with van der Waals surface area (Å²) >= 11 is 0. The summed E-state index contributed by atoms with van der Waals surface area (Å²) in [5.41, 5.74) is 15.2. The van der Waals surface area contributed by atoms with Crippen LogP contribution in [0.15, 0.2) is 72.6 Å². The lowest BCUT2D eigenvalue weighted by atomic mass is 10.0. The average molecular weight is 429 g/mol. The number of nitrogens with one attached hydrogen (secondary N) is 1. The fraction of sp³-hybridized carbons (Fsp3) is 0.130. The maximum Gasteiger partial charge on any atom is 0.247 e. The molecule has 3 aromatic rings. The van der Waals surface area contributed by atoms with Gasteiger partial charge in [-0.3, -0.25) is 9.80 Å². The number of hydrogen-bond acceptors (Lipinski definition) is 8. The van der Waals surface area contributed by atoms with E-state index in [4.69, 9.17) is 16.2 Å². The highest BCUT2D eigenvalue weighted by atomic mass is 16.5. The summed E-state index contributed by atoms with van der Waals surface area (Å²) < 4.78 is 6.02. The largest absolute Gasteiger partial charge is 0.438 e. The van der Waals surface area contributed by atoms with Crippen LogP contribution in [0.5, 0.6) is 11.6 Å². The van der Waals surface area contributed by atoms with Crippen LogP contribution in [0, 0.1) is 0 Å². The number of rotatable bonds is 7. The van der Waals surface area contributed by atoms with Gasteiger partial charge in [0.2, 0.25) is 11.8 Å². The van der Waals surface area contributed by atoms with Crippen molar-refractivity contribution in [2.24, 2.45) is 5.10 Å². The van der Waals surface area contributed by atoms with Gasteiger partial charge in [-0.1, -0.05) is 30.8 Å². The molecule has 1 unspecified atom stereocenters. The van der Waals surface area contributed by atoms with Gasteiger partial charge < -0.3 is 21.5 Å². The van der Waals surface area contributed by atoms with E-state index in [0.29, 0.717) is 41.8 Å². The number of anilines is 3. The standard InChI is InChI=1S/C23H23N7O2/c1-2-20(31)29-17-7-5-8-18(10-17)32-23-21(22(25)26-14-27-23)16-11-28-30(13-16)12-15-6-3-4-9-19(15)24/h2-11,14,16H,1,12-13,24H2,(H,29,31)(H2,25,26,27). The molecule has 1 atom stereocenters. The van der Waals surface area contributed by atoms with Gasteiger partial charge in [-0.15, -0.1) is 0 Å². The average Bonchev–Trinajstić information content (AvgIpc) is 3.23. The van der Waals surface area contributed by atoms with E-state index in [9.17, 15) is 4.79 Å². The second-order valence-electron chi connectivity index (χ2n) is 7.22. The summed E-state index contributed by atoms with van der Waals surface area (Å²) in [5.74, 6) is 0.691. The highest BCUT2D eigenvalue weighted by Crippen LogP contribution is 2.34. The van der Waals surface area contributed by atoms with Crippen LogP contribution in [0.25, 0.3) is 0 Å². The zero-order chi connectivity index (χ0) is 22.5. The summed E-state index contributed by atoms with van der Waals surface area (Å²) in [6.45, 7) is 4.61. The van der Waals surface area contributed by atoms with Gasteiger partial charge in [0.25, 0.3) is 0 Å². The number of hydrazone groups is 1. The summed E-state index contributed by atoms with van der Waals surface area (Å²) in [4.78, 5) is 20.0. The van der Waals surface area contributed by atoms with Crippen LogP contribution in [-0.4, -0.2) is 33.6 Å². The molecule has 2 aromatic carbocycles. The van der Waals surface area contributed by atoms with Crippen LogP contribution >= 0.6 is 0 Å². The number of ether oxygens (including phenoxy) is 1. The van der Waals surface area contributed by atoms with Crippen LogP contribution < -0.4 is 21.5 Å². The summed E-state index contributed by atoms with van der Waals surface area (Å²) in [6, 6.07) is 14.7. The minimum absolute atomic E-state index is 0.153. The van der Waals surface area contributed by atoms with Crippen molar-refractivity contribution in [3.05, 3.63) is 78.6 Å². The summed E-state index contributed by atoms with van der Waals surface area (Å²) in [7, 11) is 0. The monoisotopic (exact) mass is 429 g/mol. The fourth-order valence-electron chi connectivity index (χ4n) is 3.41. The van der Waals surface area contributed by atoms with Crippen molar-refractivity contribution in [3.8, 4) is 11.6 Å². The normalized spacial score (nSPS) is 14.9. The minimum atomic E-state index is -0.310. The number of benzene rings is 2. The van der Waals surface area contributed by atoms with E-state index in [1.807, 2.05) is 35.5 Å². The molecule has 0 spiro atoms. The van der Waals surface area contributed by atoms with Gasteiger partial charge in [-0.2, -0.15) is 5.10 Å². The maximum atomic E-state index is 11.6.